The average molecular weight is 384 g/mol. The van der Waals surface area contributed by atoms with Crippen LogP contribution in [0.3, 0.4) is 0 Å². The number of nitrogens with zero attached hydrogens (tertiary/aromatic N) is 2. The molecule has 0 aliphatic carbocycles. The van der Waals surface area contributed by atoms with Crippen LogP contribution in [0.25, 0.3) is 0 Å². The highest BCUT2D eigenvalue weighted by Gasteiger charge is 2.51. The maximum Gasteiger partial charge on any atom is 0.325 e. The summed E-state index contributed by atoms with van der Waals surface area (Å²) in [5, 5.41) is 9.16. The molecular formula is C20H24N4O4. The number of unbranched alkanes of at least 4 members (excludes halogenated alkanes) is 1. The molecule has 4 amide bonds. The lowest BCUT2D eigenvalue weighted by Crippen LogP contribution is -2.44. The van der Waals surface area contributed by atoms with E-state index in [1.807, 2.05) is 37.3 Å². The van der Waals surface area contributed by atoms with Crippen molar-refractivity contribution in [1.29, 1.82) is 0 Å². The van der Waals surface area contributed by atoms with Crippen molar-refractivity contribution in [3.63, 3.8) is 0 Å². The Morgan fingerprint density at radius 2 is 2.04 bits per heavy atom. The molecule has 1 unspecified atom stereocenters. The second-order valence-electron chi connectivity index (χ2n) is 6.88. The summed E-state index contributed by atoms with van der Waals surface area (Å²) < 4.78 is 4.90. The second-order valence-corrected chi connectivity index (χ2v) is 6.88. The second kappa shape index (κ2) is 8.24. The van der Waals surface area contributed by atoms with Crippen molar-refractivity contribution < 1.29 is 18.9 Å². The van der Waals surface area contributed by atoms with E-state index < -0.39 is 11.6 Å². The number of carbonyl (C=O) groups excluding carboxylic acids is 3. The zero-order chi connectivity index (χ0) is 20.1. The lowest BCUT2D eigenvalue weighted by atomic mass is 9.85. The monoisotopic (exact) mass is 384 g/mol. The molecule has 28 heavy (non-hydrogen) atoms. The molecule has 2 aromatic rings. The van der Waals surface area contributed by atoms with Crippen LogP contribution in [0.4, 0.5) is 10.6 Å². The van der Waals surface area contributed by atoms with Gasteiger partial charge in [0.15, 0.2) is 5.82 Å². The van der Waals surface area contributed by atoms with E-state index in [1.165, 1.54) is 0 Å². The predicted molar refractivity (Wildman–Crippen MR) is 102 cm³/mol. The predicted octanol–water partition coefficient (Wildman–Crippen LogP) is 2.95. The van der Waals surface area contributed by atoms with Crippen molar-refractivity contribution in [3.05, 3.63) is 47.7 Å². The Kier molecular flexibility index (Phi) is 5.77. The minimum absolute atomic E-state index is 0.00591. The van der Waals surface area contributed by atoms with Gasteiger partial charge >= 0.3 is 6.03 Å². The summed E-state index contributed by atoms with van der Waals surface area (Å²) in [6, 6.07) is 10.4. The Morgan fingerprint density at radius 3 is 2.68 bits per heavy atom. The van der Waals surface area contributed by atoms with Gasteiger partial charge in [-0.2, -0.15) is 0 Å². The normalized spacial score (nSPS) is 19.0. The summed E-state index contributed by atoms with van der Waals surface area (Å²) in [6.07, 6.45) is 2.18. The Balaban J connectivity index is 1.71. The van der Waals surface area contributed by atoms with Crippen LogP contribution in [0, 0.1) is 6.92 Å². The van der Waals surface area contributed by atoms with Crippen LogP contribution in [0.5, 0.6) is 0 Å². The number of carbonyl (C=O) groups is 3. The molecule has 1 aromatic heterocycles. The standard InChI is InChI=1S/C20H24N4O4/c1-3-4-11-20(15-8-6-5-7-9-15)18(26)24(19(27)22-20)12-10-17(25)21-16-13-14(2)28-23-16/h5-9,13H,3-4,10-12H2,1-2H3,(H,22,27)(H,21,23,25). The van der Waals surface area contributed by atoms with Gasteiger partial charge in [0.25, 0.3) is 5.91 Å². The SMILES string of the molecule is CCCCC1(c2ccccc2)NC(=O)N(CCC(=O)Nc2cc(C)on2)C1=O. The van der Waals surface area contributed by atoms with Crippen molar-refractivity contribution in [2.75, 3.05) is 11.9 Å². The summed E-state index contributed by atoms with van der Waals surface area (Å²) >= 11 is 0. The smallest absolute Gasteiger partial charge is 0.325 e. The average Bonchev–Trinajstić information content (AvgIpc) is 3.20. The number of aromatic nitrogens is 1. The first-order valence-electron chi connectivity index (χ1n) is 9.39. The highest BCUT2D eigenvalue weighted by Crippen LogP contribution is 2.34. The van der Waals surface area contributed by atoms with Crippen LogP contribution in [-0.4, -0.2) is 34.4 Å². The molecule has 148 valence electrons. The lowest BCUT2D eigenvalue weighted by molar-refractivity contribution is -0.132. The van der Waals surface area contributed by atoms with Crippen molar-refractivity contribution in [3.8, 4) is 0 Å². The topological polar surface area (TPSA) is 105 Å². The Labute approximate surface area is 163 Å². The van der Waals surface area contributed by atoms with Crippen LogP contribution in [-0.2, 0) is 15.1 Å². The van der Waals surface area contributed by atoms with E-state index in [0.717, 1.165) is 23.3 Å². The van der Waals surface area contributed by atoms with Gasteiger partial charge in [0.05, 0.1) is 0 Å². The van der Waals surface area contributed by atoms with Gasteiger partial charge in [0.1, 0.15) is 11.3 Å². The molecule has 1 aliphatic rings. The number of benzene rings is 1. The van der Waals surface area contributed by atoms with Crippen LogP contribution in [0.1, 0.15) is 43.9 Å². The van der Waals surface area contributed by atoms with Gasteiger partial charge in [-0.15, -0.1) is 0 Å². The van der Waals surface area contributed by atoms with Gasteiger partial charge in [0.2, 0.25) is 5.91 Å². The van der Waals surface area contributed by atoms with E-state index in [0.29, 0.717) is 18.0 Å². The molecule has 8 nitrogen and oxygen atoms in total. The number of rotatable bonds is 8. The van der Waals surface area contributed by atoms with E-state index in [-0.39, 0.29) is 24.8 Å². The molecule has 1 fully saturated rings. The van der Waals surface area contributed by atoms with Crippen molar-refractivity contribution >= 4 is 23.7 Å². The fourth-order valence-electron chi connectivity index (χ4n) is 3.35. The first-order valence-corrected chi connectivity index (χ1v) is 9.39. The molecule has 1 aromatic carbocycles. The number of amides is 4. The molecule has 2 N–H and O–H groups in total. The van der Waals surface area contributed by atoms with E-state index in [9.17, 15) is 14.4 Å². The molecule has 0 bridgehead atoms. The molecule has 1 atom stereocenters. The van der Waals surface area contributed by atoms with Crippen molar-refractivity contribution in [1.82, 2.24) is 15.4 Å². The van der Waals surface area contributed by atoms with Gasteiger partial charge in [-0.05, 0) is 18.9 Å². The maximum absolute atomic E-state index is 13.2. The van der Waals surface area contributed by atoms with Gasteiger partial charge in [0, 0.05) is 19.0 Å². The van der Waals surface area contributed by atoms with E-state index in [2.05, 4.69) is 15.8 Å². The van der Waals surface area contributed by atoms with Gasteiger partial charge in [-0.25, -0.2) is 4.79 Å². The molecule has 1 saturated heterocycles. The zero-order valence-electron chi connectivity index (χ0n) is 16.0. The molecule has 2 heterocycles. The molecule has 0 saturated carbocycles. The number of anilines is 1. The first-order chi connectivity index (χ1) is 13.5. The third-order valence-corrected chi connectivity index (χ3v) is 4.81. The lowest BCUT2D eigenvalue weighted by Gasteiger charge is -2.27. The number of aryl methyl sites for hydroxylation is 1. The Morgan fingerprint density at radius 1 is 1.29 bits per heavy atom. The summed E-state index contributed by atoms with van der Waals surface area (Å²) in [6.45, 7) is 3.75. The number of hydrogen-bond acceptors (Lipinski definition) is 5. The summed E-state index contributed by atoms with van der Waals surface area (Å²) in [4.78, 5) is 39.0. The van der Waals surface area contributed by atoms with Gasteiger partial charge in [-0.3, -0.25) is 14.5 Å². The molecule has 0 spiro atoms. The summed E-state index contributed by atoms with van der Waals surface area (Å²) in [7, 11) is 0. The van der Waals surface area contributed by atoms with Crippen LogP contribution < -0.4 is 10.6 Å². The minimum atomic E-state index is -1.08. The van der Waals surface area contributed by atoms with Crippen LogP contribution >= 0.6 is 0 Å². The third-order valence-electron chi connectivity index (χ3n) is 4.81. The van der Waals surface area contributed by atoms with Crippen LogP contribution in [0.15, 0.2) is 40.9 Å². The molecule has 1 aliphatic heterocycles. The fraction of sp³-hybridized carbons (Fsp3) is 0.400. The van der Waals surface area contributed by atoms with E-state index in [4.69, 9.17) is 4.52 Å². The number of urea groups is 1. The summed E-state index contributed by atoms with van der Waals surface area (Å²) in [5.41, 5.74) is -0.319. The highest BCUT2D eigenvalue weighted by molar-refractivity contribution is 6.07. The van der Waals surface area contributed by atoms with E-state index in [1.54, 1.807) is 13.0 Å². The van der Waals surface area contributed by atoms with E-state index >= 15 is 0 Å². The number of nitrogens with one attached hydrogen (secondary N) is 2. The maximum atomic E-state index is 13.2. The quantitative estimate of drug-likeness (QED) is 0.681. The molecule has 8 heteroatoms. The minimum Gasteiger partial charge on any atom is -0.360 e. The van der Waals surface area contributed by atoms with Gasteiger partial charge < -0.3 is 15.2 Å². The third kappa shape index (κ3) is 3.90. The highest BCUT2D eigenvalue weighted by atomic mass is 16.5. The zero-order valence-corrected chi connectivity index (χ0v) is 16.0. The van der Waals surface area contributed by atoms with Crippen LogP contribution in [0.2, 0.25) is 0 Å². The van der Waals surface area contributed by atoms with Crippen molar-refractivity contribution in [2.45, 2.75) is 45.1 Å². The number of imide groups is 1. The molecular weight excluding hydrogens is 360 g/mol. The number of hydrogen-bond donors (Lipinski definition) is 2. The Bertz CT molecular complexity index is 864. The van der Waals surface area contributed by atoms with Crippen molar-refractivity contribution in [2.24, 2.45) is 0 Å². The Hall–Kier alpha value is -3.16. The first kappa shape index (κ1) is 19.6. The molecule has 0 radical (unpaired) electrons. The summed E-state index contributed by atoms with van der Waals surface area (Å²) in [5.74, 6) is 0.219. The largest absolute Gasteiger partial charge is 0.360 e. The fourth-order valence-corrected chi connectivity index (χ4v) is 3.35. The van der Waals surface area contributed by atoms with Gasteiger partial charge in [-0.1, -0.05) is 55.3 Å². The molecule has 3 rings (SSSR count).